The lowest BCUT2D eigenvalue weighted by Crippen LogP contribution is -2.14. The number of nitrogens with zero attached hydrogens (tertiary/aromatic N) is 2. The van der Waals surface area contributed by atoms with Crippen LogP contribution in [0.3, 0.4) is 0 Å². The fourth-order valence-corrected chi connectivity index (χ4v) is 2.12. The van der Waals surface area contributed by atoms with Gasteiger partial charge in [-0.2, -0.15) is 5.10 Å². The first-order chi connectivity index (χ1) is 10.0. The van der Waals surface area contributed by atoms with Crippen LogP contribution in [-0.2, 0) is 6.42 Å². The number of aromatic amines is 1. The van der Waals surface area contributed by atoms with Crippen molar-refractivity contribution in [2.75, 3.05) is 14.2 Å². The maximum Gasteiger partial charge on any atom is 0.171 e. The van der Waals surface area contributed by atoms with Gasteiger partial charge in [0.1, 0.15) is 5.82 Å². The molecule has 0 bridgehead atoms. The molecule has 0 fully saturated rings. The van der Waals surface area contributed by atoms with Crippen molar-refractivity contribution in [1.82, 2.24) is 15.2 Å². The lowest BCUT2D eigenvalue weighted by atomic mass is 10.1. The normalized spacial score (nSPS) is 12.5. The lowest BCUT2D eigenvalue weighted by molar-refractivity contribution is 0.354. The first kappa shape index (κ1) is 15.3. The van der Waals surface area contributed by atoms with Crippen molar-refractivity contribution in [3.05, 3.63) is 35.4 Å². The molecule has 2 aromatic rings. The van der Waals surface area contributed by atoms with E-state index in [0.29, 0.717) is 23.2 Å². The number of methoxy groups -OCH3 is 2. The molecule has 0 aliphatic rings. The molecule has 1 aromatic heterocycles. The van der Waals surface area contributed by atoms with Crippen LogP contribution >= 0.6 is 0 Å². The van der Waals surface area contributed by atoms with Gasteiger partial charge in [-0.05, 0) is 23.6 Å². The van der Waals surface area contributed by atoms with Crippen LogP contribution in [0.15, 0.2) is 18.2 Å². The van der Waals surface area contributed by atoms with E-state index in [-0.39, 0.29) is 0 Å². The van der Waals surface area contributed by atoms with E-state index in [0.717, 1.165) is 17.8 Å². The van der Waals surface area contributed by atoms with E-state index in [2.05, 4.69) is 29.0 Å². The van der Waals surface area contributed by atoms with Crippen molar-refractivity contribution in [3.8, 4) is 11.5 Å². The molecule has 0 saturated heterocycles. The molecule has 3 N–H and O–H groups in total. The molecule has 1 heterocycles. The largest absolute Gasteiger partial charge is 0.493 e. The molecule has 0 saturated carbocycles. The SMILES string of the molecule is COc1ccc([C@@H](N)c2n[nH]c(CC(C)C)n2)cc1OC. The van der Waals surface area contributed by atoms with E-state index in [4.69, 9.17) is 15.2 Å². The van der Waals surface area contributed by atoms with E-state index >= 15 is 0 Å². The lowest BCUT2D eigenvalue weighted by Gasteiger charge is -2.12. The summed E-state index contributed by atoms with van der Waals surface area (Å²) in [6, 6.07) is 5.17. The minimum atomic E-state index is -0.401. The number of nitrogens with one attached hydrogen (secondary N) is 1. The van der Waals surface area contributed by atoms with Gasteiger partial charge in [0, 0.05) is 6.42 Å². The summed E-state index contributed by atoms with van der Waals surface area (Å²) in [4.78, 5) is 4.46. The fraction of sp³-hybridized carbons (Fsp3) is 0.467. The Morgan fingerprint density at radius 2 is 1.90 bits per heavy atom. The number of benzene rings is 1. The average molecular weight is 290 g/mol. The topological polar surface area (TPSA) is 86.0 Å². The van der Waals surface area contributed by atoms with Crippen molar-refractivity contribution in [1.29, 1.82) is 0 Å². The quantitative estimate of drug-likeness (QED) is 0.850. The summed E-state index contributed by atoms with van der Waals surface area (Å²) in [5, 5.41) is 7.15. The molecule has 0 aliphatic carbocycles. The smallest absolute Gasteiger partial charge is 0.171 e. The molecule has 114 valence electrons. The molecule has 0 amide bonds. The van der Waals surface area contributed by atoms with Gasteiger partial charge in [0.05, 0.1) is 20.3 Å². The van der Waals surface area contributed by atoms with Gasteiger partial charge in [-0.15, -0.1) is 0 Å². The highest BCUT2D eigenvalue weighted by Crippen LogP contribution is 2.30. The van der Waals surface area contributed by atoms with Gasteiger partial charge in [0.2, 0.25) is 0 Å². The molecular formula is C15H22N4O2. The van der Waals surface area contributed by atoms with Crippen molar-refractivity contribution in [2.24, 2.45) is 11.7 Å². The Morgan fingerprint density at radius 1 is 1.19 bits per heavy atom. The summed E-state index contributed by atoms with van der Waals surface area (Å²) in [6.07, 6.45) is 0.853. The monoisotopic (exact) mass is 290 g/mol. The van der Waals surface area contributed by atoms with Crippen LogP contribution in [0.4, 0.5) is 0 Å². The van der Waals surface area contributed by atoms with Crippen LogP contribution in [0.1, 0.15) is 37.1 Å². The van der Waals surface area contributed by atoms with Crippen LogP contribution in [0.5, 0.6) is 11.5 Å². The molecule has 0 aliphatic heterocycles. The van der Waals surface area contributed by atoms with Gasteiger partial charge in [-0.3, -0.25) is 5.10 Å². The molecule has 21 heavy (non-hydrogen) atoms. The van der Waals surface area contributed by atoms with Crippen LogP contribution in [0.25, 0.3) is 0 Å². The predicted octanol–water partition coefficient (Wildman–Crippen LogP) is 2.07. The van der Waals surface area contributed by atoms with Gasteiger partial charge in [-0.25, -0.2) is 4.98 Å². The van der Waals surface area contributed by atoms with Crippen molar-refractivity contribution >= 4 is 0 Å². The zero-order chi connectivity index (χ0) is 15.4. The van der Waals surface area contributed by atoms with Crippen LogP contribution in [-0.4, -0.2) is 29.4 Å². The molecule has 1 aromatic carbocycles. The third-order valence-electron chi connectivity index (χ3n) is 3.20. The van der Waals surface area contributed by atoms with Crippen LogP contribution in [0.2, 0.25) is 0 Å². The molecule has 0 spiro atoms. The Hall–Kier alpha value is -2.08. The first-order valence-corrected chi connectivity index (χ1v) is 6.93. The van der Waals surface area contributed by atoms with E-state index < -0.39 is 6.04 Å². The minimum absolute atomic E-state index is 0.401. The Morgan fingerprint density at radius 3 is 2.52 bits per heavy atom. The number of hydrogen-bond donors (Lipinski definition) is 2. The Kier molecular flexibility index (Phi) is 4.80. The average Bonchev–Trinajstić information content (AvgIpc) is 2.93. The third-order valence-corrected chi connectivity index (χ3v) is 3.20. The predicted molar refractivity (Wildman–Crippen MR) is 80.5 cm³/mol. The Labute approximate surface area is 124 Å². The second-order valence-electron chi connectivity index (χ2n) is 5.33. The number of rotatable bonds is 6. The molecular weight excluding hydrogens is 268 g/mol. The maximum atomic E-state index is 6.23. The summed E-state index contributed by atoms with van der Waals surface area (Å²) < 4.78 is 10.5. The van der Waals surface area contributed by atoms with Crippen LogP contribution in [0, 0.1) is 5.92 Å². The molecule has 6 heteroatoms. The molecule has 0 radical (unpaired) electrons. The number of H-pyrrole nitrogens is 1. The molecule has 1 atom stereocenters. The summed E-state index contributed by atoms with van der Waals surface area (Å²) in [6.45, 7) is 4.27. The van der Waals surface area contributed by atoms with E-state index in [1.54, 1.807) is 14.2 Å². The van der Waals surface area contributed by atoms with E-state index in [1.807, 2.05) is 18.2 Å². The molecule has 6 nitrogen and oxygen atoms in total. The maximum absolute atomic E-state index is 6.23. The second kappa shape index (κ2) is 6.58. The third kappa shape index (κ3) is 3.52. The fourth-order valence-electron chi connectivity index (χ4n) is 2.12. The van der Waals surface area contributed by atoms with Gasteiger partial charge in [0.15, 0.2) is 17.3 Å². The summed E-state index contributed by atoms with van der Waals surface area (Å²) in [7, 11) is 3.20. The van der Waals surface area contributed by atoms with Crippen LogP contribution < -0.4 is 15.2 Å². The number of nitrogens with two attached hydrogens (primary N) is 1. The van der Waals surface area contributed by atoms with E-state index in [1.165, 1.54) is 0 Å². The summed E-state index contributed by atoms with van der Waals surface area (Å²) in [5.41, 5.74) is 7.11. The second-order valence-corrected chi connectivity index (χ2v) is 5.33. The number of hydrogen-bond acceptors (Lipinski definition) is 5. The highest BCUT2D eigenvalue weighted by atomic mass is 16.5. The van der Waals surface area contributed by atoms with Crippen molar-refractivity contribution in [2.45, 2.75) is 26.3 Å². The Bertz CT molecular complexity index is 595. The Balaban J connectivity index is 2.23. The van der Waals surface area contributed by atoms with Gasteiger partial charge < -0.3 is 15.2 Å². The highest BCUT2D eigenvalue weighted by Gasteiger charge is 2.17. The van der Waals surface area contributed by atoms with Gasteiger partial charge in [0.25, 0.3) is 0 Å². The van der Waals surface area contributed by atoms with Gasteiger partial charge >= 0.3 is 0 Å². The van der Waals surface area contributed by atoms with Crippen molar-refractivity contribution in [3.63, 3.8) is 0 Å². The number of aromatic nitrogens is 3. The van der Waals surface area contributed by atoms with E-state index in [9.17, 15) is 0 Å². The zero-order valence-corrected chi connectivity index (χ0v) is 12.9. The summed E-state index contributed by atoms with van der Waals surface area (Å²) >= 11 is 0. The highest BCUT2D eigenvalue weighted by molar-refractivity contribution is 5.44. The number of ether oxygens (including phenoxy) is 2. The molecule has 0 unspecified atom stereocenters. The summed E-state index contributed by atoms with van der Waals surface area (Å²) in [5.74, 6) is 3.27. The standard InChI is InChI=1S/C15H22N4O2/c1-9(2)7-13-17-15(19-18-13)14(16)10-5-6-11(20-3)12(8-10)21-4/h5-6,8-9,14H,7,16H2,1-4H3,(H,17,18,19)/t14-/m1/s1. The van der Waals surface area contributed by atoms with Crippen molar-refractivity contribution < 1.29 is 9.47 Å². The zero-order valence-electron chi connectivity index (χ0n) is 12.9. The van der Waals surface area contributed by atoms with Gasteiger partial charge in [-0.1, -0.05) is 19.9 Å². The first-order valence-electron chi connectivity index (χ1n) is 6.93. The molecule has 2 rings (SSSR count). The minimum Gasteiger partial charge on any atom is -0.493 e.